The third kappa shape index (κ3) is 2.18. The molecular formula is C16H17N3O. The van der Waals surface area contributed by atoms with Crippen molar-refractivity contribution in [2.45, 2.75) is 20.0 Å². The smallest absolute Gasteiger partial charge is 0.111 e. The van der Waals surface area contributed by atoms with Crippen LogP contribution in [0.4, 0.5) is 0 Å². The van der Waals surface area contributed by atoms with Crippen LogP contribution in [0, 0.1) is 6.92 Å². The van der Waals surface area contributed by atoms with E-state index in [-0.39, 0.29) is 0 Å². The Labute approximate surface area is 117 Å². The lowest BCUT2D eigenvalue weighted by molar-refractivity contribution is 0.199. The van der Waals surface area contributed by atoms with Gasteiger partial charge in [-0.3, -0.25) is 4.68 Å². The van der Waals surface area contributed by atoms with Gasteiger partial charge in [0, 0.05) is 18.6 Å². The van der Waals surface area contributed by atoms with Crippen LogP contribution in [0.5, 0.6) is 0 Å². The van der Waals surface area contributed by atoms with Gasteiger partial charge in [0.15, 0.2) is 0 Å². The number of aliphatic hydroxyl groups excluding tert-OH is 1. The van der Waals surface area contributed by atoms with Crippen molar-refractivity contribution in [3.05, 3.63) is 47.7 Å². The fourth-order valence-electron chi connectivity index (χ4n) is 2.36. The molecule has 3 rings (SSSR count). The molecule has 0 radical (unpaired) electrons. The first kappa shape index (κ1) is 12.8. The first-order valence-electron chi connectivity index (χ1n) is 6.64. The molecule has 3 aromatic rings. The van der Waals surface area contributed by atoms with Gasteiger partial charge in [0.1, 0.15) is 5.69 Å². The van der Waals surface area contributed by atoms with Crippen LogP contribution in [-0.2, 0) is 7.05 Å². The predicted octanol–water partition coefficient (Wildman–Crippen LogP) is 3.00. The molecule has 4 nitrogen and oxygen atoms in total. The van der Waals surface area contributed by atoms with Crippen LogP contribution in [0.25, 0.3) is 22.3 Å². The van der Waals surface area contributed by atoms with E-state index in [1.165, 1.54) is 0 Å². The molecule has 0 bridgehead atoms. The number of rotatable bonds is 2. The van der Waals surface area contributed by atoms with E-state index in [2.05, 4.69) is 17.0 Å². The Morgan fingerprint density at radius 3 is 2.60 bits per heavy atom. The number of benzene rings is 1. The standard InChI is InChI=1S/C16H17N3O/c1-10-8-16(14-6-7-19(3)18-14)17-15-9-12(11(2)20)4-5-13(10)15/h4-9,11,20H,1-3H3. The molecule has 20 heavy (non-hydrogen) atoms. The van der Waals surface area contributed by atoms with Gasteiger partial charge in [-0.05, 0) is 43.2 Å². The number of nitrogens with zero attached hydrogens (tertiary/aromatic N) is 3. The van der Waals surface area contributed by atoms with Gasteiger partial charge in [-0.1, -0.05) is 12.1 Å². The maximum atomic E-state index is 9.70. The highest BCUT2D eigenvalue weighted by Gasteiger charge is 2.09. The van der Waals surface area contributed by atoms with Gasteiger partial charge >= 0.3 is 0 Å². The minimum Gasteiger partial charge on any atom is -0.389 e. The van der Waals surface area contributed by atoms with Crippen molar-refractivity contribution in [1.82, 2.24) is 14.8 Å². The van der Waals surface area contributed by atoms with Crippen molar-refractivity contribution < 1.29 is 5.11 Å². The van der Waals surface area contributed by atoms with E-state index >= 15 is 0 Å². The Morgan fingerprint density at radius 1 is 1.15 bits per heavy atom. The quantitative estimate of drug-likeness (QED) is 0.776. The number of aryl methyl sites for hydroxylation is 2. The number of aromatic nitrogens is 3. The highest BCUT2D eigenvalue weighted by molar-refractivity contribution is 5.85. The summed E-state index contributed by atoms with van der Waals surface area (Å²) in [5.41, 5.74) is 4.65. The van der Waals surface area contributed by atoms with Gasteiger partial charge in [-0.15, -0.1) is 0 Å². The maximum Gasteiger partial charge on any atom is 0.111 e. The average molecular weight is 267 g/mol. The van der Waals surface area contributed by atoms with Crippen molar-refractivity contribution in [2.24, 2.45) is 7.05 Å². The maximum absolute atomic E-state index is 9.70. The van der Waals surface area contributed by atoms with E-state index in [0.717, 1.165) is 33.4 Å². The van der Waals surface area contributed by atoms with E-state index in [0.29, 0.717) is 0 Å². The number of pyridine rings is 1. The van der Waals surface area contributed by atoms with Crippen LogP contribution in [0.2, 0.25) is 0 Å². The van der Waals surface area contributed by atoms with E-state index < -0.39 is 6.10 Å². The molecular weight excluding hydrogens is 250 g/mol. The number of aliphatic hydroxyl groups is 1. The molecule has 0 saturated heterocycles. The van der Waals surface area contributed by atoms with Gasteiger partial charge in [0.05, 0.1) is 17.3 Å². The first-order chi connectivity index (χ1) is 9.54. The topological polar surface area (TPSA) is 50.9 Å². The van der Waals surface area contributed by atoms with Gasteiger partial charge in [-0.25, -0.2) is 4.98 Å². The average Bonchev–Trinajstić information content (AvgIpc) is 2.84. The van der Waals surface area contributed by atoms with E-state index in [9.17, 15) is 5.11 Å². The normalized spacial score (nSPS) is 12.8. The predicted molar refractivity (Wildman–Crippen MR) is 79.3 cm³/mol. The number of hydrogen-bond acceptors (Lipinski definition) is 3. The van der Waals surface area contributed by atoms with Crippen molar-refractivity contribution >= 4 is 10.9 Å². The molecule has 0 aliphatic rings. The summed E-state index contributed by atoms with van der Waals surface area (Å²) in [4.78, 5) is 4.68. The second kappa shape index (κ2) is 4.72. The zero-order valence-electron chi connectivity index (χ0n) is 11.8. The third-order valence-corrected chi connectivity index (χ3v) is 3.50. The van der Waals surface area contributed by atoms with Gasteiger partial charge < -0.3 is 5.11 Å². The Hall–Kier alpha value is -2.20. The Morgan fingerprint density at radius 2 is 1.95 bits per heavy atom. The Kier molecular flexibility index (Phi) is 3.03. The summed E-state index contributed by atoms with van der Waals surface area (Å²) in [5.74, 6) is 0. The summed E-state index contributed by atoms with van der Waals surface area (Å²) in [6.45, 7) is 3.83. The highest BCUT2D eigenvalue weighted by atomic mass is 16.3. The molecule has 0 saturated carbocycles. The highest BCUT2D eigenvalue weighted by Crippen LogP contribution is 2.25. The van der Waals surface area contributed by atoms with Crippen LogP contribution in [0.15, 0.2) is 36.5 Å². The fraction of sp³-hybridized carbons (Fsp3) is 0.250. The van der Waals surface area contributed by atoms with Crippen LogP contribution < -0.4 is 0 Å². The largest absolute Gasteiger partial charge is 0.389 e. The Bertz CT molecular complexity index is 774. The van der Waals surface area contributed by atoms with E-state index in [4.69, 9.17) is 0 Å². The van der Waals surface area contributed by atoms with E-state index in [1.807, 2.05) is 43.6 Å². The lowest BCUT2D eigenvalue weighted by Gasteiger charge is -2.09. The molecule has 0 aliphatic heterocycles. The lowest BCUT2D eigenvalue weighted by atomic mass is 10.0. The van der Waals surface area contributed by atoms with Crippen molar-refractivity contribution in [1.29, 1.82) is 0 Å². The third-order valence-electron chi connectivity index (χ3n) is 3.50. The van der Waals surface area contributed by atoms with Crippen molar-refractivity contribution in [3.63, 3.8) is 0 Å². The molecule has 0 spiro atoms. The second-order valence-electron chi connectivity index (χ2n) is 5.15. The fourth-order valence-corrected chi connectivity index (χ4v) is 2.36. The van der Waals surface area contributed by atoms with Gasteiger partial charge in [0.25, 0.3) is 0 Å². The second-order valence-corrected chi connectivity index (χ2v) is 5.15. The molecule has 2 aromatic heterocycles. The van der Waals surface area contributed by atoms with Gasteiger partial charge in [0.2, 0.25) is 0 Å². The number of hydrogen-bond donors (Lipinski definition) is 1. The molecule has 102 valence electrons. The van der Waals surface area contributed by atoms with Crippen LogP contribution >= 0.6 is 0 Å². The summed E-state index contributed by atoms with van der Waals surface area (Å²) in [7, 11) is 1.89. The molecule has 0 amide bonds. The minimum absolute atomic E-state index is 0.486. The van der Waals surface area contributed by atoms with Gasteiger partial charge in [-0.2, -0.15) is 5.10 Å². The summed E-state index contributed by atoms with van der Waals surface area (Å²) >= 11 is 0. The molecule has 1 unspecified atom stereocenters. The molecule has 4 heteroatoms. The van der Waals surface area contributed by atoms with Crippen LogP contribution in [-0.4, -0.2) is 19.9 Å². The monoisotopic (exact) mass is 267 g/mol. The summed E-state index contributed by atoms with van der Waals surface area (Å²) < 4.78 is 1.77. The van der Waals surface area contributed by atoms with Crippen LogP contribution in [0.1, 0.15) is 24.2 Å². The first-order valence-corrected chi connectivity index (χ1v) is 6.64. The van der Waals surface area contributed by atoms with E-state index in [1.54, 1.807) is 11.6 Å². The molecule has 1 atom stereocenters. The zero-order chi connectivity index (χ0) is 14.3. The summed E-state index contributed by atoms with van der Waals surface area (Å²) in [5, 5.41) is 15.2. The molecule has 0 fully saturated rings. The van der Waals surface area contributed by atoms with Crippen LogP contribution in [0.3, 0.4) is 0 Å². The molecule has 1 aromatic carbocycles. The lowest BCUT2D eigenvalue weighted by Crippen LogP contribution is -1.95. The number of fused-ring (bicyclic) bond motifs is 1. The Balaban J connectivity index is 2.20. The molecule has 2 heterocycles. The minimum atomic E-state index is -0.486. The zero-order valence-corrected chi connectivity index (χ0v) is 11.8. The molecule has 0 aliphatic carbocycles. The molecule has 1 N–H and O–H groups in total. The summed E-state index contributed by atoms with van der Waals surface area (Å²) in [6.07, 6.45) is 1.42. The van der Waals surface area contributed by atoms with Crippen molar-refractivity contribution in [2.75, 3.05) is 0 Å². The summed E-state index contributed by atoms with van der Waals surface area (Å²) in [6, 6.07) is 9.91. The van der Waals surface area contributed by atoms with Crippen molar-refractivity contribution in [3.8, 4) is 11.4 Å². The SMILES string of the molecule is Cc1cc(-c2ccn(C)n2)nc2cc(C(C)O)ccc12.